The molecule has 0 aliphatic heterocycles. The zero-order valence-electron chi connectivity index (χ0n) is 14.5. The predicted octanol–water partition coefficient (Wildman–Crippen LogP) is 4.28. The van der Waals surface area contributed by atoms with E-state index in [2.05, 4.69) is 24.5 Å². The Hall–Kier alpha value is -3.26. The van der Waals surface area contributed by atoms with E-state index in [1.54, 1.807) is 12.1 Å². The van der Waals surface area contributed by atoms with Gasteiger partial charge in [-0.2, -0.15) is 5.26 Å². The summed E-state index contributed by atoms with van der Waals surface area (Å²) in [6.45, 7) is 6.03. The Kier molecular flexibility index (Phi) is 5.80. The topological polar surface area (TPSA) is 85.2 Å². The Balaban J connectivity index is 2.20. The second-order valence-corrected chi connectivity index (χ2v) is 6.01. The van der Waals surface area contributed by atoms with E-state index in [0.29, 0.717) is 5.69 Å². The van der Waals surface area contributed by atoms with Crippen LogP contribution in [0.3, 0.4) is 0 Å². The molecule has 0 atom stereocenters. The monoisotopic (exact) mass is 335 g/mol. The lowest BCUT2D eigenvalue weighted by molar-refractivity contribution is -0.112. The third kappa shape index (κ3) is 4.61. The zero-order valence-corrected chi connectivity index (χ0v) is 14.5. The van der Waals surface area contributed by atoms with Crippen LogP contribution in [-0.4, -0.2) is 11.0 Å². The SMILES string of the molecule is Cc1cccc(C(C)C)c1NC(=O)/C(C#N)=C\Nc1ccc(O)cc1. The largest absolute Gasteiger partial charge is 0.508 e. The lowest BCUT2D eigenvalue weighted by Crippen LogP contribution is -2.17. The van der Waals surface area contributed by atoms with Crippen LogP contribution in [0.15, 0.2) is 54.2 Å². The molecule has 2 rings (SSSR count). The van der Waals surface area contributed by atoms with Gasteiger partial charge in [-0.15, -0.1) is 0 Å². The average Bonchev–Trinajstić information content (AvgIpc) is 2.58. The number of carbonyl (C=O) groups is 1. The molecule has 0 bridgehead atoms. The van der Waals surface area contributed by atoms with Gasteiger partial charge < -0.3 is 15.7 Å². The Morgan fingerprint density at radius 2 is 1.88 bits per heavy atom. The maximum Gasteiger partial charge on any atom is 0.267 e. The summed E-state index contributed by atoms with van der Waals surface area (Å²) >= 11 is 0. The van der Waals surface area contributed by atoms with Crippen molar-refractivity contribution in [2.75, 3.05) is 10.6 Å². The normalized spacial score (nSPS) is 11.1. The number of amides is 1. The molecule has 0 heterocycles. The number of aryl methyl sites for hydroxylation is 1. The van der Waals surface area contributed by atoms with Gasteiger partial charge in [0.2, 0.25) is 0 Å². The Morgan fingerprint density at radius 3 is 2.48 bits per heavy atom. The van der Waals surface area contributed by atoms with Crippen molar-refractivity contribution in [2.45, 2.75) is 26.7 Å². The highest BCUT2D eigenvalue weighted by Crippen LogP contribution is 2.27. The van der Waals surface area contributed by atoms with E-state index in [9.17, 15) is 15.2 Å². The van der Waals surface area contributed by atoms with Crippen LogP contribution in [0, 0.1) is 18.3 Å². The van der Waals surface area contributed by atoms with Gasteiger partial charge >= 0.3 is 0 Å². The molecule has 0 saturated heterocycles. The first kappa shape index (κ1) is 18.1. The summed E-state index contributed by atoms with van der Waals surface area (Å²) in [5.41, 5.74) is 3.34. The van der Waals surface area contributed by atoms with Crippen LogP contribution in [0.5, 0.6) is 5.75 Å². The number of carbonyl (C=O) groups excluding carboxylic acids is 1. The van der Waals surface area contributed by atoms with Gasteiger partial charge in [0.15, 0.2) is 0 Å². The van der Waals surface area contributed by atoms with Gasteiger partial charge in [0.05, 0.1) is 0 Å². The fourth-order valence-electron chi connectivity index (χ4n) is 2.38. The van der Waals surface area contributed by atoms with Crippen molar-refractivity contribution in [3.8, 4) is 11.8 Å². The highest BCUT2D eigenvalue weighted by atomic mass is 16.3. The van der Waals surface area contributed by atoms with Gasteiger partial charge in [-0.05, 0) is 48.2 Å². The van der Waals surface area contributed by atoms with Crippen LogP contribution in [-0.2, 0) is 4.79 Å². The molecule has 1 amide bonds. The first-order valence-electron chi connectivity index (χ1n) is 7.99. The van der Waals surface area contributed by atoms with Crippen LogP contribution < -0.4 is 10.6 Å². The molecule has 0 saturated carbocycles. The summed E-state index contributed by atoms with van der Waals surface area (Å²) < 4.78 is 0. The summed E-state index contributed by atoms with van der Waals surface area (Å²) in [4.78, 5) is 12.5. The number of hydrogen-bond acceptors (Lipinski definition) is 4. The molecule has 0 aliphatic rings. The second kappa shape index (κ2) is 8.02. The maximum absolute atomic E-state index is 12.5. The van der Waals surface area contributed by atoms with Gasteiger partial charge in [-0.25, -0.2) is 0 Å². The van der Waals surface area contributed by atoms with Gasteiger partial charge in [-0.3, -0.25) is 4.79 Å². The minimum absolute atomic E-state index is 0.0361. The van der Waals surface area contributed by atoms with Crippen molar-refractivity contribution in [3.05, 3.63) is 65.4 Å². The fourth-order valence-corrected chi connectivity index (χ4v) is 2.38. The zero-order chi connectivity index (χ0) is 18.4. The first-order chi connectivity index (χ1) is 11.9. The number of aromatic hydroxyl groups is 1. The smallest absolute Gasteiger partial charge is 0.267 e. The Labute approximate surface area is 147 Å². The van der Waals surface area contributed by atoms with Crippen molar-refractivity contribution >= 4 is 17.3 Å². The molecule has 3 N–H and O–H groups in total. The molecule has 0 spiro atoms. The molecule has 2 aromatic rings. The first-order valence-corrected chi connectivity index (χ1v) is 7.99. The van der Waals surface area contributed by atoms with Crippen molar-refractivity contribution < 1.29 is 9.90 Å². The average molecular weight is 335 g/mol. The molecule has 0 radical (unpaired) electrons. The van der Waals surface area contributed by atoms with E-state index < -0.39 is 5.91 Å². The quantitative estimate of drug-likeness (QED) is 0.432. The lowest BCUT2D eigenvalue weighted by atomic mass is 9.98. The second-order valence-electron chi connectivity index (χ2n) is 6.01. The fraction of sp³-hybridized carbons (Fsp3) is 0.200. The van der Waals surface area contributed by atoms with E-state index in [1.807, 2.05) is 31.2 Å². The predicted molar refractivity (Wildman–Crippen MR) is 99.3 cm³/mol. The van der Waals surface area contributed by atoms with E-state index in [1.165, 1.54) is 18.3 Å². The van der Waals surface area contributed by atoms with Crippen LogP contribution in [0.1, 0.15) is 30.9 Å². The highest BCUT2D eigenvalue weighted by Gasteiger charge is 2.15. The number of anilines is 2. The highest BCUT2D eigenvalue weighted by molar-refractivity contribution is 6.07. The molecule has 0 unspecified atom stereocenters. The number of phenols is 1. The third-order valence-corrected chi connectivity index (χ3v) is 3.78. The molecule has 5 heteroatoms. The molecule has 0 aromatic heterocycles. The molecule has 0 fully saturated rings. The number of nitrogens with one attached hydrogen (secondary N) is 2. The molecule has 2 aromatic carbocycles. The van der Waals surface area contributed by atoms with Gasteiger partial charge in [-0.1, -0.05) is 32.0 Å². The number of hydrogen-bond donors (Lipinski definition) is 3. The van der Waals surface area contributed by atoms with E-state index in [0.717, 1.165) is 16.8 Å². The minimum Gasteiger partial charge on any atom is -0.508 e. The standard InChI is InChI=1S/C20H21N3O2/c1-13(2)18-6-4-5-14(3)19(18)23-20(25)15(11-21)12-22-16-7-9-17(24)10-8-16/h4-10,12-13,22,24H,1-3H3,(H,23,25)/b15-12-. The van der Waals surface area contributed by atoms with Crippen LogP contribution in [0.25, 0.3) is 0 Å². The molecule has 128 valence electrons. The van der Waals surface area contributed by atoms with Gasteiger partial charge in [0.25, 0.3) is 5.91 Å². The van der Waals surface area contributed by atoms with E-state index in [-0.39, 0.29) is 17.2 Å². The van der Waals surface area contributed by atoms with Crippen LogP contribution in [0.4, 0.5) is 11.4 Å². The van der Waals surface area contributed by atoms with Gasteiger partial charge in [0.1, 0.15) is 17.4 Å². The van der Waals surface area contributed by atoms with E-state index >= 15 is 0 Å². The third-order valence-electron chi connectivity index (χ3n) is 3.78. The Morgan fingerprint density at radius 1 is 1.20 bits per heavy atom. The number of phenolic OH excluding ortho intramolecular Hbond substituents is 1. The summed E-state index contributed by atoms with van der Waals surface area (Å²) in [7, 11) is 0. The minimum atomic E-state index is -0.468. The molecule has 25 heavy (non-hydrogen) atoms. The number of para-hydroxylation sites is 1. The molecule has 0 aliphatic carbocycles. The summed E-state index contributed by atoms with van der Waals surface area (Å²) in [5.74, 6) is -0.0710. The van der Waals surface area contributed by atoms with Crippen LogP contribution >= 0.6 is 0 Å². The molecular weight excluding hydrogens is 314 g/mol. The van der Waals surface area contributed by atoms with Crippen molar-refractivity contribution in [1.82, 2.24) is 0 Å². The Bertz CT molecular complexity index is 831. The number of nitriles is 1. The maximum atomic E-state index is 12.5. The van der Waals surface area contributed by atoms with Crippen molar-refractivity contribution in [2.24, 2.45) is 0 Å². The lowest BCUT2D eigenvalue weighted by Gasteiger charge is -2.16. The van der Waals surface area contributed by atoms with Gasteiger partial charge in [0, 0.05) is 17.6 Å². The molecule has 5 nitrogen and oxygen atoms in total. The number of benzene rings is 2. The summed E-state index contributed by atoms with van der Waals surface area (Å²) in [6, 6.07) is 14.1. The number of nitrogens with zero attached hydrogens (tertiary/aromatic N) is 1. The summed E-state index contributed by atoms with van der Waals surface area (Å²) in [5, 5.41) is 24.3. The molecular formula is C20H21N3O2. The van der Waals surface area contributed by atoms with E-state index in [4.69, 9.17) is 0 Å². The van der Waals surface area contributed by atoms with Crippen LogP contribution in [0.2, 0.25) is 0 Å². The van der Waals surface area contributed by atoms with Crippen molar-refractivity contribution in [3.63, 3.8) is 0 Å². The summed E-state index contributed by atoms with van der Waals surface area (Å²) in [6.07, 6.45) is 1.36. The number of rotatable bonds is 5. The van der Waals surface area contributed by atoms with Crippen molar-refractivity contribution in [1.29, 1.82) is 5.26 Å².